The van der Waals surface area contributed by atoms with Crippen molar-refractivity contribution >= 4 is 27.3 Å². The Labute approximate surface area is 127 Å². The largest absolute Gasteiger partial charge is 0.326 e. The molecule has 2 nitrogen and oxygen atoms in total. The van der Waals surface area contributed by atoms with Crippen LogP contribution in [0, 0.1) is 0 Å². The monoisotopic (exact) mass is 338 g/mol. The molecule has 0 saturated carbocycles. The summed E-state index contributed by atoms with van der Waals surface area (Å²) in [4.78, 5) is 3.78. The second-order valence-corrected chi connectivity index (χ2v) is 7.26. The van der Waals surface area contributed by atoms with Gasteiger partial charge in [0.1, 0.15) is 0 Å². The zero-order valence-electron chi connectivity index (χ0n) is 11.1. The first kappa shape index (κ1) is 14.7. The van der Waals surface area contributed by atoms with Gasteiger partial charge >= 0.3 is 0 Å². The fourth-order valence-corrected chi connectivity index (χ4v) is 3.43. The van der Waals surface area contributed by atoms with Crippen LogP contribution in [0.25, 0.3) is 0 Å². The highest BCUT2D eigenvalue weighted by atomic mass is 79.9. The standard InChI is InChI=1S/C15H19BrN2S/c1-18(9-8-14-6-7-15(16)19-14)11-13-4-2-12(10-17)3-5-13/h2-7H,8-11,17H2,1H3. The quantitative estimate of drug-likeness (QED) is 0.871. The minimum absolute atomic E-state index is 0.614. The molecule has 0 atom stereocenters. The third-order valence-electron chi connectivity index (χ3n) is 3.08. The van der Waals surface area contributed by atoms with Gasteiger partial charge in [0, 0.05) is 24.5 Å². The van der Waals surface area contributed by atoms with Gasteiger partial charge in [-0.3, -0.25) is 0 Å². The maximum Gasteiger partial charge on any atom is 0.0701 e. The number of rotatable bonds is 6. The molecule has 0 aliphatic heterocycles. The second kappa shape index (κ2) is 7.20. The van der Waals surface area contributed by atoms with Crippen LogP contribution < -0.4 is 5.73 Å². The molecule has 0 fully saturated rings. The van der Waals surface area contributed by atoms with E-state index < -0.39 is 0 Å². The Morgan fingerprint density at radius 1 is 1.11 bits per heavy atom. The maximum atomic E-state index is 5.60. The van der Waals surface area contributed by atoms with Crippen molar-refractivity contribution in [1.29, 1.82) is 0 Å². The van der Waals surface area contributed by atoms with E-state index in [4.69, 9.17) is 5.73 Å². The van der Waals surface area contributed by atoms with Gasteiger partial charge in [-0.2, -0.15) is 0 Å². The summed E-state index contributed by atoms with van der Waals surface area (Å²) in [5, 5.41) is 0. The first-order valence-electron chi connectivity index (χ1n) is 6.38. The highest BCUT2D eigenvalue weighted by Gasteiger charge is 2.03. The average Bonchev–Trinajstić information content (AvgIpc) is 2.83. The highest BCUT2D eigenvalue weighted by molar-refractivity contribution is 9.11. The van der Waals surface area contributed by atoms with Crippen LogP contribution in [0.15, 0.2) is 40.2 Å². The van der Waals surface area contributed by atoms with Crippen LogP contribution in [0.5, 0.6) is 0 Å². The number of halogens is 1. The number of hydrogen-bond donors (Lipinski definition) is 1. The Balaban J connectivity index is 1.81. The zero-order chi connectivity index (χ0) is 13.7. The topological polar surface area (TPSA) is 29.3 Å². The number of benzene rings is 1. The van der Waals surface area contributed by atoms with Gasteiger partial charge in [-0.15, -0.1) is 11.3 Å². The Bertz CT molecular complexity index is 507. The lowest BCUT2D eigenvalue weighted by Gasteiger charge is -2.16. The van der Waals surface area contributed by atoms with Crippen molar-refractivity contribution in [3.8, 4) is 0 Å². The van der Waals surface area contributed by atoms with E-state index in [2.05, 4.69) is 64.3 Å². The van der Waals surface area contributed by atoms with Gasteiger partial charge in [-0.25, -0.2) is 0 Å². The van der Waals surface area contributed by atoms with Crippen LogP contribution in [0.3, 0.4) is 0 Å². The molecule has 102 valence electrons. The van der Waals surface area contributed by atoms with Crippen LogP contribution in [0.2, 0.25) is 0 Å². The van der Waals surface area contributed by atoms with Crippen LogP contribution in [0.1, 0.15) is 16.0 Å². The molecule has 2 N–H and O–H groups in total. The minimum atomic E-state index is 0.614. The summed E-state index contributed by atoms with van der Waals surface area (Å²) in [5.74, 6) is 0. The summed E-state index contributed by atoms with van der Waals surface area (Å²) in [7, 11) is 2.17. The molecule has 0 unspecified atom stereocenters. The molecule has 1 aromatic heterocycles. The fraction of sp³-hybridized carbons (Fsp3) is 0.333. The second-order valence-electron chi connectivity index (χ2n) is 4.71. The number of hydrogen-bond acceptors (Lipinski definition) is 3. The molecule has 0 amide bonds. The van der Waals surface area contributed by atoms with Gasteiger partial charge < -0.3 is 10.6 Å². The summed E-state index contributed by atoms with van der Waals surface area (Å²) in [6.07, 6.45) is 1.10. The number of nitrogens with zero attached hydrogens (tertiary/aromatic N) is 1. The van der Waals surface area contributed by atoms with E-state index in [-0.39, 0.29) is 0 Å². The Morgan fingerprint density at radius 3 is 2.37 bits per heavy atom. The SMILES string of the molecule is CN(CCc1ccc(Br)s1)Cc1ccc(CN)cc1. The van der Waals surface area contributed by atoms with Gasteiger partial charge in [-0.1, -0.05) is 24.3 Å². The number of likely N-dealkylation sites (N-methyl/N-ethyl adjacent to an activating group) is 1. The first-order valence-corrected chi connectivity index (χ1v) is 7.99. The Kier molecular flexibility index (Phi) is 5.58. The van der Waals surface area contributed by atoms with E-state index in [1.807, 2.05) is 11.3 Å². The fourth-order valence-electron chi connectivity index (χ4n) is 1.96. The van der Waals surface area contributed by atoms with E-state index >= 15 is 0 Å². The highest BCUT2D eigenvalue weighted by Crippen LogP contribution is 2.22. The first-order chi connectivity index (χ1) is 9.17. The van der Waals surface area contributed by atoms with Crippen molar-refractivity contribution in [2.24, 2.45) is 5.73 Å². The molecule has 0 saturated heterocycles. The van der Waals surface area contributed by atoms with Crippen molar-refractivity contribution in [2.75, 3.05) is 13.6 Å². The summed E-state index contributed by atoms with van der Waals surface area (Å²) in [6, 6.07) is 12.9. The van der Waals surface area contributed by atoms with Gasteiger partial charge in [0.15, 0.2) is 0 Å². The van der Waals surface area contributed by atoms with Gasteiger partial charge in [0.05, 0.1) is 3.79 Å². The molecule has 19 heavy (non-hydrogen) atoms. The van der Waals surface area contributed by atoms with Crippen LogP contribution in [-0.2, 0) is 19.5 Å². The number of nitrogens with two attached hydrogens (primary N) is 1. The van der Waals surface area contributed by atoms with Crippen molar-refractivity contribution < 1.29 is 0 Å². The van der Waals surface area contributed by atoms with Crippen LogP contribution >= 0.6 is 27.3 Å². The number of thiophene rings is 1. The van der Waals surface area contributed by atoms with E-state index in [1.54, 1.807) is 0 Å². The predicted octanol–water partition coefficient (Wildman–Crippen LogP) is 3.64. The lowest BCUT2D eigenvalue weighted by Crippen LogP contribution is -2.20. The van der Waals surface area contributed by atoms with E-state index in [1.165, 1.54) is 19.8 Å². The van der Waals surface area contributed by atoms with Crippen molar-refractivity contribution in [1.82, 2.24) is 4.90 Å². The van der Waals surface area contributed by atoms with E-state index in [0.29, 0.717) is 6.54 Å². The van der Waals surface area contributed by atoms with Gasteiger partial charge in [0.25, 0.3) is 0 Å². The molecule has 2 aromatic rings. The average molecular weight is 339 g/mol. The van der Waals surface area contributed by atoms with Crippen LogP contribution in [0.4, 0.5) is 0 Å². The van der Waals surface area contributed by atoms with Gasteiger partial charge in [-0.05, 0) is 52.7 Å². The Morgan fingerprint density at radius 2 is 1.79 bits per heavy atom. The summed E-state index contributed by atoms with van der Waals surface area (Å²) < 4.78 is 1.21. The third kappa shape index (κ3) is 4.73. The van der Waals surface area contributed by atoms with Crippen LogP contribution in [-0.4, -0.2) is 18.5 Å². The summed E-state index contributed by atoms with van der Waals surface area (Å²) in [6.45, 7) is 2.67. The van der Waals surface area contributed by atoms with Crippen molar-refractivity contribution in [3.05, 3.63) is 56.2 Å². The zero-order valence-corrected chi connectivity index (χ0v) is 13.5. The summed E-state index contributed by atoms with van der Waals surface area (Å²) in [5.41, 5.74) is 8.13. The normalized spacial score (nSPS) is 11.2. The van der Waals surface area contributed by atoms with E-state index in [9.17, 15) is 0 Å². The molecular weight excluding hydrogens is 320 g/mol. The molecule has 0 radical (unpaired) electrons. The molecule has 4 heteroatoms. The Hall–Kier alpha value is -0.680. The van der Waals surface area contributed by atoms with E-state index in [0.717, 1.165) is 19.5 Å². The summed E-state index contributed by atoms with van der Waals surface area (Å²) >= 11 is 5.32. The molecule has 0 spiro atoms. The lowest BCUT2D eigenvalue weighted by molar-refractivity contribution is 0.332. The minimum Gasteiger partial charge on any atom is -0.326 e. The molecule has 0 bridgehead atoms. The molecule has 0 aliphatic carbocycles. The predicted molar refractivity (Wildman–Crippen MR) is 86.4 cm³/mol. The molecular formula is C15H19BrN2S. The molecule has 1 heterocycles. The molecule has 1 aromatic carbocycles. The van der Waals surface area contributed by atoms with Crippen molar-refractivity contribution in [3.63, 3.8) is 0 Å². The third-order valence-corrected chi connectivity index (χ3v) is 4.76. The smallest absolute Gasteiger partial charge is 0.0701 e. The lowest BCUT2D eigenvalue weighted by atomic mass is 10.1. The van der Waals surface area contributed by atoms with Crippen molar-refractivity contribution in [2.45, 2.75) is 19.5 Å². The molecule has 0 aliphatic rings. The molecule has 2 rings (SSSR count). The van der Waals surface area contributed by atoms with Gasteiger partial charge in [0.2, 0.25) is 0 Å². The maximum absolute atomic E-state index is 5.60.